The van der Waals surface area contributed by atoms with Gasteiger partial charge < -0.3 is 16.0 Å². The third kappa shape index (κ3) is 6.95. The van der Waals surface area contributed by atoms with E-state index in [1.807, 2.05) is 12.1 Å². The maximum atomic E-state index is 11.9. The van der Waals surface area contributed by atoms with E-state index in [0.29, 0.717) is 18.2 Å². The maximum absolute atomic E-state index is 11.9. The van der Waals surface area contributed by atoms with Crippen molar-refractivity contribution in [3.8, 4) is 0 Å². The van der Waals surface area contributed by atoms with Crippen LogP contribution in [0.15, 0.2) is 53.8 Å². The van der Waals surface area contributed by atoms with Crippen LogP contribution >= 0.6 is 24.0 Å². The summed E-state index contributed by atoms with van der Waals surface area (Å²) < 4.78 is 0. The van der Waals surface area contributed by atoms with Gasteiger partial charge in [0.2, 0.25) is 5.91 Å². The molecule has 0 unspecified atom stereocenters. The number of benzene rings is 1. The van der Waals surface area contributed by atoms with Gasteiger partial charge in [0.15, 0.2) is 5.96 Å². The second-order valence-corrected chi connectivity index (χ2v) is 5.06. The summed E-state index contributed by atoms with van der Waals surface area (Å²) in [5.41, 5.74) is 3.04. The molecule has 2 aromatic rings. The summed E-state index contributed by atoms with van der Waals surface area (Å²) >= 11 is 0. The molecule has 1 aromatic heterocycles. The first-order chi connectivity index (χ1) is 11.2. The van der Waals surface area contributed by atoms with Crippen molar-refractivity contribution < 1.29 is 4.79 Å². The number of anilines is 1. The van der Waals surface area contributed by atoms with Gasteiger partial charge in [0.05, 0.1) is 18.4 Å². The average Bonchev–Trinajstić information content (AvgIpc) is 2.56. The Morgan fingerprint density at radius 3 is 2.71 bits per heavy atom. The van der Waals surface area contributed by atoms with Crippen molar-refractivity contribution in [1.82, 2.24) is 15.6 Å². The van der Waals surface area contributed by atoms with Crippen molar-refractivity contribution in [2.24, 2.45) is 4.99 Å². The first-order valence-corrected chi connectivity index (χ1v) is 7.37. The molecule has 0 atom stereocenters. The smallest absolute Gasteiger partial charge is 0.243 e. The van der Waals surface area contributed by atoms with Gasteiger partial charge in [0.1, 0.15) is 0 Å². The molecule has 0 saturated heterocycles. The number of carbonyl (C=O) groups excluding carboxylic acids is 1. The molecule has 1 aromatic carbocycles. The Labute approximate surface area is 159 Å². The molecule has 0 bridgehead atoms. The zero-order valence-corrected chi connectivity index (χ0v) is 16.1. The molecule has 0 spiro atoms. The van der Waals surface area contributed by atoms with Gasteiger partial charge in [-0.05, 0) is 24.6 Å². The molecule has 0 radical (unpaired) electrons. The van der Waals surface area contributed by atoms with Gasteiger partial charge in [-0.1, -0.05) is 29.8 Å². The minimum absolute atomic E-state index is 0. The Bertz CT molecular complexity index is 676. The monoisotopic (exact) mass is 439 g/mol. The minimum atomic E-state index is -0.156. The molecule has 0 fully saturated rings. The first-order valence-electron chi connectivity index (χ1n) is 7.37. The summed E-state index contributed by atoms with van der Waals surface area (Å²) in [6.45, 7) is 2.83. The van der Waals surface area contributed by atoms with Gasteiger partial charge in [-0.25, -0.2) is 0 Å². The molecule has 0 aliphatic rings. The van der Waals surface area contributed by atoms with Crippen molar-refractivity contribution in [3.05, 3.63) is 59.9 Å². The number of hydrogen-bond donors (Lipinski definition) is 3. The molecule has 6 nitrogen and oxygen atoms in total. The Morgan fingerprint density at radius 2 is 2.04 bits per heavy atom. The normalized spacial score (nSPS) is 10.5. The lowest BCUT2D eigenvalue weighted by atomic mass is 10.1. The molecule has 24 heavy (non-hydrogen) atoms. The van der Waals surface area contributed by atoms with E-state index in [9.17, 15) is 4.79 Å². The number of aryl methyl sites for hydroxylation is 1. The van der Waals surface area contributed by atoms with Gasteiger partial charge in [-0.15, -0.1) is 24.0 Å². The second-order valence-electron chi connectivity index (χ2n) is 5.06. The van der Waals surface area contributed by atoms with Crippen LogP contribution in [0.3, 0.4) is 0 Å². The van der Waals surface area contributed by atoms with Crippen molar-refractivity contribution in [2.75, 3.05) is 18.9 Å². The molecule has 128 valence electrons. The zero-order valence-electron chi connectivity index (χ0n) is 13.7. The van der Waals surface area contributed by atoms with E-state index in [2.05, 4.69) is 45.0 Å². The average molecular weight is 439 g/mol. The highest BCUT2D eigenvalue weighted by Gasteiger charge is 2.04. The lowest BCUT2D eigenvalue weighted by Crippen LogP contribution is -2.41. The number of amides is 1. The predicted octanol–water partition coefficient (Wildman–Crippen LogP) is 2.31. The Morgan fingerprint density at radius 1 is 1.21 bits per heavy atom. The van der Waals surface area contributed by atoms with E-state index in [4.69, 9.17) is 0 Å². The lowest BCUT2D eigenvalue weighted by Gasteiger charge is -2.12. The van der Waals surface area contributed by atoms with Gasteiger partial charge >= 0.3 is 0 Å². The summed E-state index contributed by atoms with van der Waals surface area (Å²) in [6, 6.07) is 11.8. The van der Waals surface area contributed by atoms with Crippen LogP contribution in [0.1, 0.15) is 11.1 Å². The Hall–Kier alpha value is -2.16. The van der Waals surface area contributed by atoms with Crippen LogP contribution in [-0.2, 0) is 11.3 Å². The van der Waals surface area contributed by atoms with E-state index in [1.165, 1.54) is 5.56 Å². The highest BCUT2D eigenvalue weighted by atomic mass is 127. The zero-order chi connectivity index (χ0) is 16.5. The highest BCUT2D eigenvalue weighted by Crippen LogP contribution is 2.03. The van der Waals surface area contributed by atoms with Gasteiger partial charge in [0.25, 0.3) is 0 Å². The first kappa shape index (κ1) is 19.9. The summed E-state index contributed by atoms with van der Waals surface area (Å²) in [7, 11) is 1.67. The van der Waals surface area contributed by atoms with Crippen molar-refractivity contribution in [1.29, 1.82) is 0 Å². The summed E-state index contributed by atoms with van der Waals surface area (Å²) in [5.74, 6) is 0.421. The number of nitrogens with one attached hydrogen (secondary N) is 3. The predicted molar refractivity (Wildman–Crippen MR) is 108 cm³/mol. The third-order valence-corrected chi connectivity index (χ3v) is 3.13. The van der Waals surface area contributed by atoms with Crippen LogP contribution in [0.25, 0.3) is 0 Å². The van der Waals surface area contributed by atoms with Gasteiger partial charge in [-0.3, -0.25) is 14.8 Å². The fourth-order valence-electron chi connectivity index (χ4n) is 2.03. The SMILES string of the molecule is CN=C(NCC(=O)Nc1cccnc1)NCc1cccc(C)c1.I. The summed E-state index contributed by atoms with van der Waals surface area (Å²) in [4.78, 5) is 19.9. The lowest BCUT2D eigenvalue weighted by molar-refractivity contribution is -0.115. The standard InChI is InChI=1S/C17H21N5O.HI/c1-13-5-3-6-14(9-13)10-20-17(18-2)21-12-16(23)22-15-7-4-8-19-11-15;/h3-9,11H,10,12H2,1-2H3,(H,22,23)(H2,18,20,21);1H. The largest absolute Gasteiger partial charge is 0.352 e. The molecule has 1 heterocycles. The van der Waals surface area contributed by atoms with Crippen LogP contribution in [0.4, 0.5) is 5.69 Å². The number of carbonyl (C=O) groups is 1. The van der Waals surface area contributed by atoms with Crippen LogP contribution < -0.4 is 16.0 Å². The van der Waals surface area contributed by atoms with Gasteiger partial charge in [0, 0.05) is 19.8 Å². The van der Waals surface area contributed by atoms with E-state index in [0.717, 1.165) is 5.56 Å². The topological polar surface area (TPSA) is 78.4 Å². The Kier molecular flexibility index (Phi) is 8.77. The highest BCUT2D eigenvalue weighted by molar-refractivity contribution is 14.0. The van der Waals surface area contributed by atoms with Crippen LogP contribution in [-0.4, -0.2) is 30.4 Å². The summed E-state index contributed by atoms with van der Waals surface area (Å²) in [6.07, 6.45) is 3.26. The van der Waals surface area contributed by atoms with E-state index in [1.54, 1.807) is 31.6 Å². The number of guanidine groups is 1. The van der Waals surface area contributed by atoms with Crippen LogP contribution in [0, 0.1) is 6.92 Å². The van der Waals surface area contributed by atoms with Crippen molar-refractivity contribution in [3.63, 3.8) is 0 Å². The van der Waals surface area contributed by atoms with E-state index < -0.39 is 0 Å². The molecule has 0 aliphatic carbocycles. The van der Waals surface area contributed by atoms with Gasteiger partial charge in [-0.2, -0.15) is 0 Å². The molecular weight excluding hydrogens is 417 g/mol. The minimum Gasteiger partial charge on any atom is -0.352 e. The summed E-state index contributed by atoms with van der Waals surface area (Å²) in [5, 5.41) is 8.92. The number of aromatic nitrogens is 1. The number of hydrogen-bond acceptors (Lipinski definition) is 3. The van der Waals surface area contributed by atoms with E-state index in [-0.39, 0.29) is 36.4 Å². The molecule has 7 heteroatoms. The van der Waals surface area contributed by atoms with Crippen molar-refractivity contribution >= 4 is 41.5 Å². The fraction of sp³-hybridized carbons (Fsp3) is 0.235. The molecule has 0 saturated carbocycles. The van der Waals surface area contributed by atoms with E-state index >= 15 is 0 Å². The fourth-order valence-corrected chi connectivity index (χ4v) is 2.03. The number of aliphatic imine (C=N–C) groups is 1. The maximum Gasteiger partial charge on any atom is 0.243 e. The molecule has 3 N–H and O–H groups in total. The molecule has 1 amide bonds. The molecular formula is C17H22IN5O. The third-order valence-electron chi connectivity index (χ3n) is 3.13. The number of rotatable bonds is 5. The number of halogens is 1. The van der Waals surface area contributed by atoms with Crippen LogP contribution in [0.2, 0.25) is 0 Å². The number of pyridine rings is 1. The van der Waals surface area contributed by atoms with Crippen molar-refractivity contribution in [2.45, 2.75) is 13.5 Å². The van der Waals surface area contributed by atoms with Crippen LogP contribution in [0.5, 0.6) is 0 Å². The quantitative estimate of drug-likeness (QED) is 0.380. The second kappa shape index (κ2) is 10.6. The number of nitrogens with zero attached hydrogens (tertiary/aromatic N) is 2. The molecule has 2 rings (SSSR count). The molecule has 0 aliphatic heterocycles. The Balaban J connectivity index is 0.00000288.